The molecule has 0 saturated carbocycles. The van der Waals surface area contributed by atoms with Crippen molar-refractivity contribution in [1.29, 1.82) is 5.26 Å². The fourth-order valence-corrected chi connectivity index (χ4v) is 2.06. The minimum atomic E-state index is -0.889. The molecule has 1 aromatic carbocycles. The Morgan fingerprint density at radius 2 is 1.90 bits per heavy atom. The second-order valence-electron chi connectivity index (χ2n) is 4.75. The summed E-state index contributed by atoms with van der Waals surface area (Å²) < 4.78 is 5.09. The molecule has 0 bridgehead atoms. The number of nitrogens with zero attached hydrogens (tertiary/aromatic N) is 1. The van der Waals surface area contributed by atoms with Crippen molar-refractivity contribution in [2.45, 2.75) is 33.1 Å². The third kappa shape index (κ3) is 3.74. The number of methoxy groups -OCH3 is 1. The molecule has 0 saturated heterocycles. The van der Waals surface area contributed by atoms with Crippen LogP contribution in [0.15, 0.2) is 24.3 Å². The van der Waals surface area contributed by atoms with Gasteiger partial charge in [0.1, 0.15) is 11.2 Å². The standard InChI is InChI=1S/C16H22N2O2/c1-4-16(5-2,12-17)15(19)18-11-10-13-6-8-14(20-3)9-7-13/h6-9H,4-5,10-11H2,1-3H3,(H,18,19). The van der Waals surface area contributed by atoms with Crippen molar-refractivity contribution in [3.05, 3.63) is 29.8 Å². The fourth-order valence-electron chi connectivity index (χ4n) is 2.06. The molecule has 1 N–H and O–H groups in total. The van der Waals surface area contributed by atoms with Crippen molar-refractivity contribution in [1.82, 2.24) is 5.32 Å². The lowest BCUT2D eigenvalue weighted by Crippen LogP contribution is -2.40. The van der Waals surface area contributed by atoms with Gasteiger partial charge < -0.3 is 10.1 Å². The molecule has 4 nitrogen and oxygen atoms in total. The number of amides is 1. The molecule has 20 heavy (non-hydrogen) atoms. The normalized spacial score (nSPS) is 10.7. The average molecular weight is 274 g/mol. The summed E-state index contributed by atoms with van der Waals surface area (Å²) in [6.07, 6.45) is 1.81. The van der Waals surface area contributed by atoms with Crippen molar-refractivity contribution >= 4 is 5.91 Å². The van der Waals surface area contributed by atoms with E-state index in [4.69, 9.17) is 4.74 Å². The van der Waals surface area contributed by atoms with E-state index in [1.165, 1.54) is 0 Å². The van der Waals surface area contributed by atoms with Crippen LogP contribution in [-0.2, 0) is 11.2 Å². The number of hydrogen-bond donors (Lipinski definition) is 1. The van der Waals surface area contributed by atoms with Gasteiger partial charge in [0.05, 0.1) is 13.2 Å². The molecule has 1 amide bonds. The highest BCUT2D eigenvalue weighted by Crippen LogP contribution is 2.25. The van der Waals surface area contributed by atoms with E-state index in [1.54, 1.807) is 7.11 Å². The van der Waals surface area contributed by atoms with E-state index in [9.17, 15) is 10.1 Å². The number of carbonyl (C=O) groups excluding carboxylic acids is 1. The van der Waals surface area contributed by atoms with E-state index in [2.05, 4.69) is 11.4 Å². The molecule has 0 aliphatic carbocycles. The molecule has 0 aliphatic heterocycles. The summed E-state index contributed by atoms with van der Waals surface area (Å²) in [7, 11) is 1.63. The summed E-state index contributed by atoms with van der Waals surface area (Å²) in [5.41, 5.74) is 0.238. The van der Waals surface area contributed by atoms with E-state index >= 15 is 0 Å². The largest absolute Gasteiger partial charge is 0.497 e. The Kier molecular flexibility index (Phi) is 6.05. The lowest BCUT2D eigenvalue weighted by molar-refractivity contribution is -0.128. The maximum atomic E-state index is 12.1. The first-order valence-corrected chi connectivity index (χ1v) is 6.94. The Bertz CT molecular complexity index is 470. The molecule has 0 heterocycles. The predicted molar refractivity (Wildman–Crippen MR) is 78.3 cm³/mol. The topological polar surface area (TPSA) is 62.1 Å². The van der Waals surface area contributed by atoms with Crippen molar-refractivity contribution in [3.8, 4) is 11.8 Å². The monoisotopic (exact) mass is 274 g/mol. The Morgan fingerprint density at radius 1 is 1.30 bits per heavy atom. The summed E-state index contributed by atoms with van der Waals surface area (Å²) in [6.45, 7) is 4.28. The minimum absolute atomic E-state index is 0.168. The SMILES string of the molecule is CCC(C#N)(CC)C(=O)NCCc1ccc(OC)cc1. The van der Waals surface area contributed by atoms with Gasteiger partial charge in [0.2, 0.25) is 5.91 Å². The van der Waals surface area contributed by atoms with Crippen molar-refractivity contribution < 1.29 is 9.53 Å². The Morgan fingerprint density at radius 3 is 2.35 bits per heavy atom. The number of carbonyl (C=O) groups is 1. The van der Waals surface area contributed by atoms with Gasteiger partial charge in [-0.1, -0.05) is 26.0 Å². The Labute approximate surface area is 120 Å². The summed E-state index contributed by atoms with van der Waals surface area (Å²) in [6, 6.07) is 9.89. The first kappa shape index (κ1) is 16.0. The van der Waals surface area contributed by atoms with Crippen molar-refractivity contribution in [3.63, 3.8) is 0 Å². The molecule has 108 valence electrons. The highest BCUT2D eigenvalue weighted by Gasteiger charge is 2.34. The molecule has 0 spiro atoms. The van der Waals surface area contributed by atoms with Gasteiger partial charge in [0.15, 0.2) is 0 Å². The number of benzene rings is 1. The van der Waals surface area contributed by atoms with Gasteiger partial charge in [-0.3, -0.25) is 4.79 Å². The van der Waals surface area contributed by atoms with Crippen LogP contribution in [0.2, 0.25) is 0 Å². The van der Waals surface area contributed by atoms with Gasteiger partial charge >= 0.3 is 0 Å². The number of nitrogens with one attached hydrogen (secondary N) is 1. The molecule has 4 heteroatoms. The molecule has 0 radical (unpaired) electrons. The van der Waals surface area contributed by atoms with E-state index in [0.29, 0.717) is 19.4 Å². The third-order valence-corrected chi connectivity index (χ3v) is 3.71. The van der Waals surface area contributed by atoms with E-state index < -0.39 is 5.41 Å². The molecule has 0 aliphatic rings. The van der Waals surface area contributed by atoms with E-state index in [1.807, 2.05) is 38.1 Å². The lowest BCUT2D eigenvalue weighted by Gasteiger charge is -2.22. The number of rotatable bonds is 7. The molecule has 1 rings (SSSR count). The van der Waals surface area contributed by atoms with E-state index in [0.717, 1.165) is 17.7 Å². The van der Waals surface area contributed by atoms with Crippen molar-refractivity contribution in [2.75, 3.05) is 13.7 Å². The summed E-state index contributed by atoms with van der Waals surface area (Å²) >= 11 is 0. The highest BCUT2D eigenvalue weighted by atomic mass is 16.5. The fraction of sp³-hybridized carbons (Fsp3) is 0.500. The van der Waals surface area contributed by atoms with Crippen molar-refractivity contribution in [2.24, 2.45) is 5.41 Å². The molecular formula is C16H22N2O2. The van der Waals surface area contributed by atoms with Crippen LogP contribution in [-0.4, -0.2) is 19.6 Å². The number of hydrogen-bond acceptors (Lipinski definition) is 3. The molecule has 0 atom stereocenters. The van der Waals surface area contributed by atoms with Gasteiger partial charge in [-0.05, 0) is 37.0 Å². The van der Waals surface area contributed by atoms with Gasteiger partial charge in [0, 0.05) is 6.54 Å². The maximum Gasteiger partial charge on any atom is 0.240 e. The number of nitriles is 1. The van der Waals surface area contributed by atoms with Crippen LogP contribution in [0.4, 0.5) is 0 Å². The first-order chi connectivity index (χ1) is 9.61. The van der Waals surface area contributed by atoms with Gasteiger partial charge in [-0.2, -0.15) is 5.26 Å². The minimum Gasteiger partial charge on any atom is -0.497 e. The Hall–Kier alpha value is -2.02. The van der Waals surface area contributed by atoms with Crippen LogP contribution in [0.1, 0.15) is 32.3 Å². The van der Waals surface area contributed by atoms with Crippen LogP contribution < -0.4 is 10.1 Å². The van der Waals surface area contributed by atoms with E-state index in [-0.39, 0.29) is 5.91 Å². The summed E-state index contributed by atoms with van der Waals surface area (Å²) in [5, 5.41) is 12.1. The number of ether oxygens (including phenoxy) is 1. The third-order valence-electron chi connectivity index (χ3n) is 3.71. The highest BCUT2D eigenvalue weighted by molar-refractivity contribution is 5.85. The van der Waals surface area contributed by atoms with Gasteiger partial charge in [-0.15, -0.1) is 0 Å². The zero-order chi connectivity index (χ0) is 15.0. The molecular weight excluding hydrogens is 252 g/mol. The van der Waals surface area contributed by atoms with Crippen LogP contribution in [0.5, 0.6) is 5.75 Å². The molecule has 0 aromatic heterocycles. The zero-order valence-corrected chi connectivity index (χ0v) is 12.4. The average Bonchev–Trinajstić information content (AvgIpc) is 2.50. The molecule has 0 unspecified atom stereocenters. The predicted octanol–water partition coefficient (Wildman–Crippen LogP) is 2.68. The molecule has 0 fully saturated rings. The quantitative estimate of drug-likeness (QED) is 0.831. The van der Waals surface area contributed by atoms with Gasteiger partial charge in [-0.25, -0.2) is 0 Å². The smallest absolute Gasteiger partial charge is 0.240 e. The van der Waals surface area contributed by atoms with Gasteiger partial charge in [0.25, 0.3) is 0 Å². The second-order valence-corrected chi connectivity index (χ2v) is 4.75. The zero-order valence-electron chi connectivity index (χ0n) is 12.4. The van der Waals surface area contributed by atoms with Crippen LogP contribution in [0.3, 0.4) is 0 Å². The van der Waals surface area contributed by atoms with Crippen LogP contribution >= 0.6 is 0 Å². The maximum absolute atomic E-state index is 12.1. The second kappa shape index (κ2) is 7.54. The Balaban J connectivity index is 2.51. The van der Waals surface area contributed by atoms with Crippen LogP contribution in [0, 0.1) is 16.7 Å². The summed E-state index contributed by atoms with van der Waals surface area (Å²) in [5.74, 6) is 0.650. The summed E-state index contributed by atoms with van der Waals surface area (Å²) in [4.78, 5) is 12.1. The lowest BCUT2D eigenvalue weighted by atomic mass is 9.83. The van der Waals surface area contributed by atoms with Crippen LogP contribution in [0.25, 0.3) is 0 Å². The first-order valence-electron chi connectivity index (χ1n) is 6.94. The molecule has 1 aromatic rings.